The summed E-state index contributed by atoms with van der Waals surface area (Å²) in [6.45, 7) is 3.99. The maximum absolute atomic E-state index is 13.6. The first kappa shape index (κ1) is 21.1. The third-order valence-corrected chi connectivity index (χ3v) is 7.92. The van der Waals surface area contributed by atoms with E-state index in [1.807, 2.05) is 68.4 Å². The van der Waals surface area contributed by atoms with Crippen LogP contribution in [0.4, 0.5) is 0 Å². The summed E-state index contributed by atoms with van der Waals surface area (Å²) >= 11 is 1.63. The molecule has 2 heterocycles. The van der Waals surface area contributed by atoms with Gasteiger partial charge in [-0.3, -0.25) is 14.4 Å². The summed E-state index contributed by atoms with van der Waals surface area (Å²) in [5.74, 6) is -0.565. The molecule has 166 valence electrons. The number of nitrogens with zero attached hydrogens (tertiary/aromatic N) is 1. The zero-order chi connectivity index (χ0) is 22.5. The molecule has 2 fully saturated rings. The van der Waals surface area contributed by atoms with Gasteiger partial charge < -0.3 is 15.5 Å². The van der Waals surface area contributed by atoms with Crippen molar-refractivity contribution in [2.45, 2.75) is 61.4 Å². The van der Waals surface area contributed by atoms with Gasteiger partial charge in [-0.15, -0.1) is 11.8 Å². The second-order valence-electron chi connectivity index (χ2n) is 9.31. The molecule has 2 N–H and O–H groups in total. The van der Waals surface area contributed by atoms with E-state index < -0.39 is 16.8 Å². The van der Waals surface area contributed by atoms with Crippen molar-refractivity contribution in [3.8, 4) is 0 Å². The summed E-state index contributed by atoms with van der Waals surface area (Å²) in [6, 6.07) is 16.1. The number of hydrogen-bond acceptors (Lipinski definition) is 4. The fourth-order valence-corrected chi connectivity index (χ4v) is 6.23. The Morgan fingerprint density at radius 2 is 1.78 bits per heavy atom. The molecule has 1 saturated carbocycles. The van der Waals surface area contributed by atoms with E-state index in [0.29, 0.717) is 12.0 Å². The van der Waals surface area contributed by atoms with Gasteiger partial charge in [-0.1, -0.05) is 48.5 Å². The first-order valence-electron chi connectivity index (χ1n) is 11.1. The molecule has 1 aliphatic carbocycles. The molecule has 2 aromatic carbocycles. The van der Waals surface area contributed by atoms with E-state index >= 15 is 0 Å². The summed E-state index contributed by atoms with van der Waals surface area (Å²) in [4.78, 5) is 41.5. The van der Waals surface area contributed by atoms with Gasteiger partial charge in [-0.05, 0) is 43.9 Å². The average molecular weight is 450 g/mol. The van der Waals surface area contributed by atoms with Crippen LogP contribution in [0.1, 0.15) is 53.5 Å². The van der Waals surface area contributed by atoms with Gasteiger partial charge >= 0.3 is 0 Å². The van der Waals surface area contributed by atoms with Crippen molar-refractivity contribution >= 4 is 29.5 Å². The molecule has 2 aliphatic heterocycles. The van der Waals surface area contributed by atoms with Crippen LogP contribution in [0.15, 0.2) is 54.6 Å². The van der Waals surface area contributed by atoms with E-state index in [9.17, 15) is 14.4 Å². The zero-order valence-electron chi connectivity index (χ0n) is 18.2. The van der Waals surface area contributed by atoms with Gasteiger partial charge in [-0.25, -0.2) is 0 Å². The van der Waals surface area contributed by atoms with Gasteiger partial charge in [0.05, 0.1) is 0 Å². The smallest absolute Gasteiger partial charge is 0.256 e. The molecule has 3 amide bonds. The molecule has 6 nitrogen and oxygen atoms in total. The summed E-state index contributed by atoms with van der Waals surface area (Å²) in [5, 5.41) is 5.84. The van der Waals surface area contributed by atoms with Crippen LogP contribution in [0.25, 0.3) is 0 Å². The molecule has 2 aromatic rings. The topological polar surface area (TPSA) is 78.5 Å². The fraction of sp³-hybridized carbons (Fsp3) is 0.400. The quantitative estimate of drug-likeness (QED) is 0.711. The zero-order valence-corrected chi connectivity index (χ0v) is 19.0. The molecule has 0 unspecified atom stereocenters. The summed E-state index contributed by atoms with van der Waals surface area (Å²) in [7, 11) is 0. The van der Waals surface area contributed by atoms with Crippen molar-refractivity contribution < 1.29 is 14.4 Å². The van der Waals surface area contributed by atoms with E-state index in [4.69, 9.17) is 0 Å². The SMILES string of the molecule is CC1(C)S[C@H]2c3ccccc3C(=O)N2[C@@H]1C(=O)N[C@@H](Cc1ccccc1)C(=O)NC1CC1. The number of thioether (sulfide) groups is 1. The Morgan fingerprint density at radius 1 is 1.09 bits per heavy atom. The van der Waals surface area contributed by atoms with Crippen molar-refractivity contribution in [2.24, 2.45) is 0 Å². The van der Waals surface area contributed by atoms with Gasteiger partial charge in [0.1, 0.15) is 17.5 Å². The lowest BCUT2D eigenvalue weighted by atomic mass is 9.99. The minimum atomic E-state index is -0.689. The van der Waals surface area contributed by atoms with Crippen LogP contribution in [0, 0.1) is 0 Å². The number of fused-ring (bicyclic) bond motifs is 3. The Labute approximate surface area is 192 Å². The number of benzene rings is 2. The second-order valence-corrected chi connectivity index (χ2v) is 11.0. The molecule has 0 spiro atoms. The van der Waals surface area contributed by atoms with Gasteiger partial charge in [0.2, 0.25) is 11.8 Å². The van der Waals surface area contributed by atoms with E-state index in [-0.39, 0.29) is 29.1 Å². The standard InChI is InChI=1S/C25H27N3O3S/c1-25(2)20(28-23(31)17-10-6-7-11-18(17)24(28)32-25)22(30)27-19(21(29)26-16-12-13-16)14-15-8-4-3-5-9-15/h3-11,16,19-20,24H,12-14H2,1-2H3,(H,26,29)(H,27,30)/t19-,20+,24-/m0/s1. The van der Waals surface area contributed by atoms with Crippen LogP contribution >= 0.6 is 11.8 Å². The molecule has 0 radical (unpaired) electrons. The Bertz CT molecular complexity index is 1070. The molecule has 1 saturated heterocycles. The first-order valence-corrected chi connectivity index (χ1v) is 12.0. The number of nitrogens with one attached hydrogen (secondary N) is 2. The normalized spacial score (nSPS) is 23.9. The number of hydrogen-bond donors (Lipinski definition) is 2. The highest BCUT2D eigenvalue weighted by Crippen LogP contribution is 2.56. The highest BCUT2D eigenvalue weighted by atomic mass is 32.2. The summed E-state index contributed by atoms with van der Waals surface area (Å²) in [5.41, 5.74) is 2.59. The number of rotatable bonds is 6. The van der Waals surface area contributed by atoms with Crippen molar-refractivity contribution in [1.82, 2.24) is 15.5 Å². The van der Waals surface area contributed by atoms with Gasteiger partial charge in [0.15, 0.2) is 0 Å². The minimum Gasteiger partial charge on any atom is -0.352 e. The predicted molar refractivity (Wildman–Crippen MR) is 124 cm³/mol. The Kier molecular flexibility index (Phi) is 5.24. The molecule has 0 bridgehead atoms. The van der Waals surface area contributed by atoms with Crippen LogP contribution in [0.3, 0.4) is 0 Å². The number of carbonyl (C=O) groups excluding carboxylic acids is 3. The summed E-state index contributed by atoms with van der Waals surface area (Å²) < 4.78 is -0.484. The highest BCUT2D eigenvalue weighted by molar-refractivity contribution is 8.01. The van der Waals surface area contributed by atoms with Crippen LogP contribution in [0.5, 0.6) is 0 Å². The second kappa shape index (κ2) is 7.96. The van der Waals surface area contributed by atoms with Crippen LogP contribution in [-0.4, -0.2) is 45.5 Å². The van der Waals surface area contributed by atoms with Gasteiger partial charge in [0, 0.05) is 22.8 Å². The molecule has 7 heteroatoms. The number of amides is 3. The van der Waals surface area contributed by atoms with Crippen molar-refractivity contribution in [3.63, 3.8) is 0 Å². The van der Waals surface area contributed by atoms with Crippen LogP contribution in [0.2, 0.25) is 0 Å². The van der Waals surface area contributed by atoms with Crippen LogP contribution < -0.4 is 10.6 Å². The summed E-state index contributed by atoms with van der Waals surface area (Å²) in [6.07, 6.45) is 2.36. The lowest BCUT2D eigenvalue weighted by Gasteiger charge is -2.31. The number of carbonyl (C=O) groups is 3. The largest absolute Gasteiger partial charge is 0.352 e. The van der Waals surface area contributed by atoms with Gasteiger partial charge in [0.25, 0.3) is 5.91 Å². The predicted octanol–water partition coefficient (Wildman–Crippen LogP) is 3.04. The van der Waals surface area contributed by atoms with Crippen molar-refractivity contribution in [3.05, 3.63) is 71.3 Å². The maximum Gasteiger partial charge on any atom is 0.256 e. The van der Waals surface area contributed by atoms with Crippen molar-refractivity contribution in [2.75, 3.05) is 0 Å². The molecule has 5 rings (SSSR count). The molecular weight excluding hydrogens is 422 g/mol. The van der Waals surface area contributed by atoms with E-state index in [1.54, 1.807) is 16.7 Å². The average Bonchev–Trinajstić information content (AvgIpc) is 3.49. The van der Waals surface area contributed by atoms with Gasteiger partial charge in [-0.2, -0.15) is 0 Å². The first-order chi connectivity index (χ1) is 15.3. The van der Waals surface area contributed by atoms with E-state index in [1.165, 1.54) is 0 Å². The van der Waals surface area contributed by atoms with Crippen LogP contribution in [-0.2, 0) is 16.0 Å². The monoisotopic (exact) mass is 449 g/mol. The third kappa shape index (κ3) is 3.79. The Balaban J connectivity index is 1.39. The van der Waals surface area contributed by atoms with Crippen molar-refractivity contribution in [1.29, 1.82) is 0 Å². The molecule has 0 aromatic heterocycles. The lowest BCUT2D eigenvalue weighted by molar-refractivity contribution is -0.131. The highest BCUT2D eigenvalue weighted by Gasteiger charge is 2.57. The molecular formula is C25H27N3O3S. The molecule has 32 heavy (non-hydrogen) atoms. The minimum absolute atomic E-state index is 0.120. The Morgan fingerprint density at radius 3 is 2.50 bits per heavy atom. The van der Waals surface area contributed by atoms with E-state index in [2.05, 4.69) is 10.6 Å². The Hall–Kier alpha value is -2.80. The fourth-order valence-electron chi connectivity index (χ4n) is 4.64. The third-order valence-electron chi connectivity index (χ3n) is 6.38. The molecule has 3 atom stereocenters. The maximum atomic E-state index is 13.6. The molecule has 3 aliphatic rings. The lowest BCUT2D eigenvalue weighted by Crippen LogP contribution is -2.57. The van der Waals surface area contributed by atoms with E-state index in [0.717, 1.165) is 24.0 Å².